The Bertz CT molecular complexity index is 858. The average molecular weight is 422 g/mol. The molecule has 1 aromatic carbocycles. The van der Waals surface area contributed by atoms with Crippen molar-refractivity contribution in [2.75, 3.05) is 59.1 Å². The van der Waals surface area contributed by atoms with Crippen molar-refractivity contribution in [3.63, 3.8) is 0 Å². The number of nitrogens with one attached hydrogen (secondary N) is 2. The first kappa shape index (κ1) is 22.6. The quantitative estimate of drug-likeness (QED) is 0.358. The second kappa shape index (κ2) is 10.3. The van der Waals surface area contributed by atoms with Gasteiger partial charge in [-0.1, -0.05) is 0 Å². The van der Waals surface area contributed by atoms with Crippen molar-refractivity contribution in [2.24, 2.45) is 7.05 Å². The number of aliphatic hydroxyl groups excluding tert-OH is 2. The van der Waals surface area contributed by atoms with Crippen molar-refractivity contribution >= 4 is 16.9 Å². The summed E-state index contributed by atoms with van der Waals surface area (Å²) < 4.78 is 13.1. The highest BCUT2D eigenvalue weighted by atomic mass is 16.5. The minimum atomic E-state index is -0.558. The molecule has 1 aliphatic rings. The molecule has 30 heavy (non-hydrogen) atoms. The van der Waals surface area contributed by atoms with Crippen LogP contribution in [0.3, 0.4) is 0 Å². The summed E-state index contributed by atoms with van der Waals surface area (Å²) in [4.78, 5) is 15.2. The van der Waals surface area contributed by atoms with Crippen molar-refractivity contribution < 1.29 is 34.3 Å². The molecule has 1 fully saturated rings. The van der Waals surface area contributed by atoms with Gasteiger partial charge in [0, 0.05) is 23.6 Å². The number of aliphatic hydroxyl groups is 2. The van der Waals surface area contributed by atoms with Gasteiger partial charge in [0.15, 0.2) is 0 Å². The molecule has 8 nitrogen and oxygen atoms in total. The van der Waals surface area contributed by atoms with E-state index in [9.17, 15) is 9.90 Å². The number of rotatable bonds is 9. The van der Waals surface area contributed by atoms with Crippen LogP contribution in [0.25, 0.3) is 10.9 Å². The number of aryl methyl sites for hydroxylation is 1. The van der Waals surface area contributed by atoms with Gasteiger partial charge in [-0.05, 0) is 32.0 Å². The predicted molar refractivity (Wildman–Crippen MR) is 113 cm³/mol. The van der Waals surface area contributed by atoms with Crippen LogP contribution in [-0.4, -0.2) is 85.9 Å². The van der Waals surface area contributed by atoms with Crippen LogP contribution in [0.2, 0.25) is 0 Å². The number of carbonyl (C=O) groups excluding carboxylic acids is 1. The molecule has 0 saturated carbocycles. The molecule has 0 radical (unpaired) electrons. The smallest absolute Gasteiger partial charge is 0.340 e. The fourth-order valence-electron chi connectivity index (χ4n) is 4.26. The number of fused-ring (bicyclic) bond motifs is 1. The summed E-state index contributed by atoms with van der Waals surface area (Å²) in [5.74, 6) is 0.300. The highest BCUT2D eigenvalue weighted by molar-refractivity contribution is 6.06. The molecule has 0 spiro atoms. The van der Waals surface area contributed by atoms with E-state index in [-0.39, 0.29) is 19.2 Å². The molecule has 1 saturated heterocycles. The van der Waals surface area contributed by atoms with Crippen molar-refractivity contribution in [1.29, 1.82) is 0 Å². The summed E-state index contributed by atoms with van der Waals surface area (Å²) in [6.07, 6.45) is -0.558. The fourth-order valence-corrected chi connectivity index (χ4v) is 4.26. The number of esters is 1. The Morgan fingerprint density at radius 1 is 1.23 bits per heavy atom. The van der Waals surface area contributed by atoms with Crippen LogP contribution in [0, 0.1) is 6.92 Å². The summed E-state index contributed by atoms with van der Waals surface area (Å²) in [5, 5.41) is 20.3. The summed E-state index contributed by atoms with van der Waals surface area (Å²) in [6.45, 7) is 9.93. The predicted octanol–water partition coefficient (Wildman–Crippen LogP) is -1.82. The normalized spacial score (nSPS) is 20.3. The molecular formula is C22H35N3O5+2. The molecule has 0 amide bonds. The Kier molecular flexibility index (Phi) is 7.71. The molecule has 0 aliphatic carbocycles. The van der Waals surface area contributed by atoms with E-state index in [0.717, 1.165) is 49.3 Å². The second-order valence-electron chi connectivity index (χ2n) is 8.06. The van der Waals surface area contributed by atoms with Gasteiger partial charge in [-0.25, -0.2) is 4.79 Å². The number of piperazine rings is 1. The SMILES string of the molecule is CCOC(=O)c1c(C)n(C)c2ccc(OC[C@H](O)C[NH+]3CC[NH+](CCO)CC3)cc12. The summed E-state index contributed by atoms with van der Waals surface area (Å²) in [6, 6.07) is 5.65. The van der Waals surface area contributed by atoms with E-state index >= 15 is 0 Å². The lowest BCUT2D eigenvalue weighted by Crippen LogP contribution is -3.28. The van der Waals surface area contributed by atoms with Crippen molar-refractivity contribution in [1.82, 2.24) is 4.57 Å². The van der Waals surface area contributed by atoms with Crippen LogP contribution >= 0.6 is 0 Å². The third-order valence-corrected chi connectivity index (χ3v) is 6.04. The molecular weight excluding hydrogens is 386 g/mol. The maximum absolute atomic E-state index is 12.4. The van der Waals surface area contributed by atoms with Gasteiger partial charge in [0.25, 0.3) is 0 Å². The van der Waals surface area contributed by atoms with Gasteiger partial charge in [0.1, 0.15) is 57.7 Å². The Morgan fingerprint density at radius 3 is 2.60 bits per heavy atom. The van der Waals surface area contributed by atoms with E-state index in [4.69, 9.17) is 14.6 Å². The number of carbonyl (C=O) groups is 1. The van der Waals surface area contributed by atoms with Gasteiger partial charge in [0.2, 0.25) is 0 Å². The number of hydrogen-bond donors (Lipinski definition) is 4. The van der Waals surface area contributed by atoms with Crippen LogP contribution in [0.15, 0.2) is 18.2 Å². The molecule has 4 N–H and O–H groups in total. The van der Waals surface area contributed by atoms with E-state index in [1.54, 1.807) is 6.92 Å². The Labute approximate surface area is 177 Å². The molecule has 1 aliphatic heterocycles. The van der Waals surface area contributed by atoms with Crippen LogP contribution in [0.4, 0.5) is 0 Å². The van der Waals surface area contributed by atoms with E-state index in [0.29, 0.717) is 24.5 Å². The monoisotopic (exact) mass is 421 g/mol. The lowest BCUT2D eigenvalue weighted by molar-refractivity contribution is -1.01. The summed E-state index contributed by atoms with van der Waals surface area (Å²) in [5.41, 5.74) is 2.36. The molecule has 2 aromatic rings. The first-order valence-corrected chi connectivity index (χ1v) is 10.8. The molecule has 3 rings (SSSR count). The minimum absolute atomic E-state index is 0.211. The Hall–Kier alpha value is -2.13. The average Bonchev–Trinajstić information content (AvgIpc) is 2.98. The van der Waals surface area contributed by atoms with Crippen LogP contribution in [0.1, 0.15) is 23.0 Å². The largest absolute Gasteiger partial charge is 0.491 e. The topological polar surface area (TPSA) is 89.8 Å². The third-order valence-electron chi connectivity index (χ3n) is 6.04. The van der Waals surface area contributed by atoms with E-state index < -0.39 is 6.10 Å². The van der Waals surface area contributed by atoms with Gasteiger partial charge in [0.05, 0.1) is 18.8 Å². The molecule has 1 aromatic heterocycles. The van der Waals surface area contributed by atoms with E-state index in [1.165, 1.54) is 9.80 Å². The summed E-state index contributed by atoms with van der Waals surface area (Å²) >= 11 is 0. The third kappa shape index (κ3) is 5.13. The fraction of sp³-hybridized carbons (Fsp3) is 0.591. The van der Waals surface area contributed by atoms with Crippen LogP contribution < -0.4 is 14.5 Å². The van der Waals surface area contributed by atoms with Gasteiger partial charge >= 0.3 is 5.97 Å². The number of aromatic nitrogens is 1. The molecule has 2 heterocycles. The molecule has 1 atom stereocenters. The lowest BCUT2D eigenvalue weighted by atomic mass is 10.1. The molecule has 0 bridgehead atoms. The summed E-state index contributed by atoms with van der Waals surface area (Å²) in [7, 11) is 1.93. The lowest BCUT2D eigenvalue weighted by Gasteiger charge is -2.30. The second-order valence-corrected chi connectivity index (χ2v) is 8.06. The van der Waals surface area contributed by atoms with Crippen molar-refractivity contribution in [3.05, 3.63) is 29.5 Å². The van der Waals surface area contributed by atoms with Gasteiger partial charge in [-0.3, -0.25) is 0 Å². The van der Waals surface area contributed by atoms with E-state index in [1.807, 2.05) is 36.7 Å². The van der Waals surface area contributed by atoms with Crippen molar-refractivity contribution in [2.45, 2.75) is 20.0 Å². The first-order chi connectivity index (χ1) is 14.4. The highest BCUT2D eigenvalue weighted by Gasteiger charge is 2.25. The number of quaternary nitrogens is 2. The van der Waals surface area contributed by atoms with Gasteiger partial charge in [-0.15, -0.1) is 0 Å². The standard InChI is InChI=1S/C22H33N3O5/c1-4-29-22(28)21-16(2)23(3)20-6-5-18(13-19(20)21)30-15-17(27)14-25-9-7-24(8-10-25)11-12-26/h5-6,13,17,26-27H,4,7-12,14-15H2,1-3H3/p+2/t17-/m1/s1. The molecule has 166 valence electrons. The highest BCUT2D eigenvalue weighted by Crippen LogP contribution is 2.29. The zero-order valence-corrected chi connectivity index (χ0v) is 18.2. The van der Waals surface area contributed by atoms with Gasteiger partial charge in [-0.2, -0.15) is 0 Å². The van der Waals surface area contributed by atoms with Crippen LogP contribution in [-0.2, 0) is 11.8 Å². The van der Waals surface area contributed by atoms with Crippen molar-refractivity contribution in [3.8, 4) is 5.75 Å². The number of hydrogen-bond acceptors (Lipinski definition) is 5. The minimum Gasteiger partial charge on any atom is -0.491 e. The van der Waals surface area contributed by atoms with E-state index in [2.05, 4.69) is 0 Å². The Balaban J connectivity index is 1.61. The molecule has 8 heteroatoms. The molecule has 0 unspecified atom stereocenters. The van der Waals surface area contributed by atoms with Crippen LogP contribution in [0.5, 0.6) is 5.75 Å². The van der Waals surface area contributed by atoms with Gasteiger partial charge < -0.3 is 34.1 Å². The number of ether oxygens (including phenoxy) is 2. The maximum atomic E-state index is 12.4. The zero-order chi connectivity index (χ0) is 21.7. The Morgan fingerprint density at radius 2 is 1.93 bits per heavy atom. The maximum Gasteiger partial charge on any atom is 0.340 e. The number of benzene rings is 1. The first-order valence-electron chi connectivity index (χ1n) is 10.8. The zero-order valence-electron chi connectivity index (χ0n) is 18.2. The number of nitrogens with zero attached hydrogens (tertiary/aromatic N) is 1.